The predicted octanol–water partition coefficient (Wildman–Crippen LogP) is 3.35. The first-order valence-electron chi connectivity index (χ1n) is 6.21. The zero-order valence-electron chi connectivity index (χ0n) is 11.6. The quantitative estimate of drug-likeness (QED) is 0.870. The second-order valence-corrected chi connectivity index (χ2v) is 5.91. The largest absolute Gasteiger partial charge is 0.384 e. The van der Waals surface area contributed by atoms with Crippen LogP contribution in [0.3, 0.4) is 0 Å². The Kier molecular flexibility index (Phi) is 4.04. The van der Waals surface area contributed by atoms with E-state index in [1.165, 1.54) is 17.3 Å². The molecule has 0 aliphatic heterocycles. The van der Waals surface area contributed by atoms with Crippen molar-refractivity contribution in [1.82, 2.24) is 15.0 Å². The predicted molar refractivity (Wildman–Crippen MR) is 78.4 cm³/mol. The standard InChI is InChI=1S/C14H18N4S/c1-8(2)14-17-11(15)7-13(18-14)19-12-6-9(3)5-10(4)16-12/h5-8H,1-4H3,(H2,15,17,18). The number of aryl methyl sites for hydroxylation is 2. The Labute approximate surface area is 117 Å². The minimum Gasteiger partial charge on any atom is -0.384 e. The van der Waals surface area contributed by atoms with E-state index in [-0.39, 0.29) is 5.92 Å². The molecule has 2 rings (SSSR count). The van der Waals surface area contributed by atoms with Crippen molar-refractivity contribution in [3.8, 4) is 0 Å². The van der Waals surface area contributed by atoms with Crippen LogP contribution in [0.25, 0.3) is 0 Å². The molecule has 0 saturated carbocycles. The Morgan fingerprint density at radius 3 is 2.32 bits per heavy atom. The molecule has 0 radical (unpaired) electrons. The first kappa shape index (κ1) is 13.8. The summed E-state index contributed by atoms with van der Waals surface area (Å²) >= 11 is 1.52. The van der Waals surface area contributed by atoms with Crippen LogP contribution in [0.2, 0.25) is 0 Å². The summed E-state index contributed by atoms with van der Waals surface area (Å²) in [7, 11) is 0. The summed E-state index contributed by atoms with van der Waals surface area (Å²) in [6.45, 7) is 8.16. The molecule has 2 heterocycles. The van der Waals surface area contributed by atoms with Crippen LogP contribution in [0.5, 0.6) is 0 Å². The summed E-state index contributed by atoms with van der Waals surface area (Å²) in [5.41, 5.74) is 8.03. The summed E-state index contributed by atoms with van der Waals surface area (Å²) < 4.78 is 0. The number of nitrogen functional groups attached to an aromatic ring is 1. The van der Waals surface area contributed by atoms with Crippen molar-refractivity contribution in [1.29, 1.82) is 0 Å². The van der Waals surface area contributed by atoms with Gasteiger partial charge in [0.25, 0.3) is 0 Å². The molecule has 2 aromatic heterocycles. The fourth-order valence-electron chi connectivity index (χ4n) is 1.74. The van der Waals surface area contributed by atoms with Gasteiger partial charge in [-0.25, -0.2) is 15.0 Å². The van der Waals surface area contributed by atoms with E-state index in [1.807, 2.05) is 13.0 Å². The van der Waals surface area contributed by atoms with E-state index in [0.29, 0.717) is 5.82 Å². The molecule has 2 aromatic rings. The summed E-state index contributed by atoms with van der Waals surface area (Å²) in [5, 5.41) is 1.78. The molecule has 4 nitrogen and oxygen atoms in total. The number of pyridine rings is 1. The van der Waals surface area contributed by atoms with Gasteiger partial charge >= 0.3 is 0 Å². The van der Waals surface area contributed by atoms with Crippen LogP contribution in [0.4, 0.5) is 5.82 Å². The van der Waals surface area contributed by atoms with Crippen LogP contribution in [0.1, 0.15) is 36.8 Å². The fraction of sp³-hybridized carbons (Fsp3) is 0.357. The van der Waals surface area contributed by atoms with Crippen LogP contribution >= 0.6 is 11.8 Å². The summed E-state index contributed by atoms with van der Waals surface area (Å²) in [5.74, 6) is 1.53. The minimum atomic E-state index is 0.259. The second-order valence-electron chi connectivity index (χ2n) is 4.87. The molecule has 0 unspecified atom stereocenters. The van der Waals surface area contributed by atoms with E-state index in [1.54, 1.807) is 6.07 Å². The number of nitrogens with two attached hydrogens (primary N) is 1. The highest BCUT2D eigenvalue weighted by atomic mass is 32.2. The van der Waals surface area contributed by atoms with Gasteiger partial charge in [-0.15, -0.1) is 0 Å². The molecule has 100 valence electrons. The van der Waals surface area contributed by atoms with Gasteiger partial charge < -0.3 is 5.73 Å². The third-order valence-corrected chi connectivity index (χ3v) is 3.38. The molecule has 0 bridgehead atoms. The Morgan fingerprint density at radius 2 is 1.68 bits per heavy atom. The lowest BCUT2D eigenvalue weighted by molar-refractivity contribution is 0.756. The number of hydrogen-bond donors (Lipinski definition) is 1. The van der Waals surface area contributed by atoms with E-state index in [0.717, 1.165) is 21.6 Å². The minimum absolute atomic E-state index is 0.259. The van der Waals surface area contributed by atoms with Crippen molar-refractivity contribution >= 4 is 17.6 Å². The van der Waals surface area contributed by atoms with E-state index in [4.69, 9.17) is 5.73 Å². The molecule has 0 aliphatic carbocycles. The van der Waals surface area contributed by atoms with E-state index >= 15 is 0 Å². The van der Waals surface area contributed by atoms with Crippen molar-refractivity contribution in [2.75, 3.05) is 5.73 Å². The lowest BCUT2D eigenvalue weighted by Gasteiger charge is -2.08. The number of rotatable bonds is 3. The van der Waals surface area contributed by atoms with Gasteiger partial charge in [0.15, 0.2) is 0 Å². The van der Waals surface area contributed by atoms with Crippen LogP contribution in [-0.4, -0.2) is 15.0 Å². The smallest absolute Gasteiger partial charge is 0.134 e. The third kappa shape index (κ3) is 3.67. The first-order chi connectivity index (χ1) is 8.94. The highest BCUT2D eigenvalue weighted by Gasteiger charge is 2.09. The second kappa shape index (κ2) is 5.57. The molecule has 19 heavy (non-hydrogen) atoms. The van der Waals surface area contributed by atoms with Crippen LogP contribution in [0.15, 0.2) is 28.3 Å². The normalized spacial score (nSPS) is 11.0. The van der Waals surface area contributed by atoms with Crippen LogP contribution < -0.4 is 5.73 Å². The van der Waals surface area contributed by atoms with Gasteiger partial charge in [-0.3, -0.25) is 0 Å². The van der Waals surface area contributed by atoms with Crippen molar-refractivity contribution in [3.05, 3.63) is 35.3 Å². The van der Waals surface area contributed by atoms with Gasteiger partial charge in [0.2, 0.25) is 0 Å². The topological polar surface area (TPSA) is 64.7 Å². The lowest BCUT2D eigenvalue weighted by Crippen LogP contribution is -2.02. The maximum absolute atomic E-state index is 5.83. The fourth-order valence-corrected chi connectivity index (χ4v) is 2.70. The molecule has 0 saturated heterocycles. The van der Waals surface area contributed by atoms with Crippen LogP contribution in [0, 0.1) is 13.8 Å². The van der Waals surface area contributed by atoms with Crippen LogP contribution in [-0.2, 0) is 0 Å². The Balaban J connectivity index is 2.32. The average molecular weight is 274 g/mol. The highest BCUT2D eigenvalue weighted by molar-refractivity contribution is 7.99. The molecule has 0 amide bonds. The summed E-state index contributed by atoms with van der Waals surface area (Å²) in [6.07, 6.45) is 0. The van der Waals surface area contributed by atoms with E-state index in [9.17, 15) is 0 Å². The van der Waals surface area contributed by atoms with Gasteiger partial charge in [0.05, 0.1) is 0 Å². The van der Waals surface area contributed by atoms with Crippen molar-refractivity contribution in [3.63, 3.8) is 0 Å². The zero-order chi connectivity index (χ0) is 14.0. The molecule has 0 fully saturated rings. The number of anilines is 1. The first-order valence-corrected chi connectivity index (χ1v) is 7.03. The Morgan fingerprint density at radius 1 is 1.00 bits per heavy atom. The van der Waals surface area contributed by atoms with E-state index < -0.39 is 0 Å². The van der Waals surface area contributed by atoms with Crippen molar-refractivity contribution in [2.45, 2.75) is 43.7 Å². The molecule has 0 spiro atoms. The molecule has 2 N–H and O–H groups in total. The van der Waals surface area contributed by atoms with Gasteiger partial charge in [0, 0.05) is 17.7 Å². The maximum atomic E-state index is 5.83. The number of aromatic nitrogens is 3. The van der Waals surface area contributed by atoms with Gasteiger partial charge in [-0.05, 0) is 43.3 Å². The van der Waals surface area contributed by atoms with Gasteiger partial charge in [-0.1, -0.05) is 13.8 Å². The molecule has 0 aliphatic rings. The Hall–Kier alpha value is -1.62. The summed E-state index contributed by atoms with van der Waals surface area (Å²) in [4.78, 5) is 13.3. The molecule has 0 atom stereocenters. The Bertz CT molecular complexity index is 576. The summed E-state index contributed by atoms with van der Waals surface area (Å²) in [6, 6.07) is 5.89. The van der Waals surface area contributed by atoms with E-state index in [2.05, 4.69) is 41.8 Å². The van der Waals surface area contributed by atoms with Gasteiger partial charge in [0.1, 0.15) is 21.7 Å². The highest BCUT2D eigenvalue weighted by Crippen LogP contribution is 2.27. The van der Waals surface area contributed by atoms with Crippen molar-refractivity contribution in [2.24, 2.45) is 0 Å². The van der Waals surface area contributed by atoms with Crippen molar-refractivity contribution < 1.29 is 0 Å². The monoisotopic (exact) mass is 274 g/mol. The maximum Gasteiger partial charge on any atom is 0.134 e. The zero-order valence-corrected chi connectivity index (χ0v) is 12.5. The number of nitrogens with zero attached hydrogens (tertiary/aromatic N) is 3. The molecule has 5 heteroatoms. The third-order valence-electron chi connectivity index (χ3n) is 2.54. The SMILES string of the molecule is Cc1cc(C)nc(Sc2cc(N)nc(C(C)C)n2)c1. The average Bonchev–Trinajstić information content (AvgIpc) is 2.26. The molecule has 0 aromatic carbocycles. The molecular formula is C14H18N4S. The van der Waals surface area contributed by atoms with Gasteiger partial charge in [-0.2, -0.15) is 0 Å². The lowest BCUT2D eigenvalue weighted by atomic mass is 10.2. The number of hydrogen-bond acceptors (Lipinski definition) is 5. The molecular weight excluding hydrogens is 256 g/mol.